The summed E-state index contributed by atoms with van der Waals surface area (Å²) in [7, 11) is -4.02. The second kappa shape index (κ2) is 14.0. The van der Waals surface area contributed by atoms with Gasteiger partial charge in [0, 0.05) is 24.3 Å². The van der Waals surface area contributed by atoms with E-state index in [1.165, 1.54) is 11.0 Å². The molecule has 3 heterocycles. The smallest absolute Gasteiger partial charge is 0.410 e. The molecule has 4 bridgehead atoms. The van der Waals surface area contributed by atoms with Gasteiger partial charge in [0.15, 0.2) is 0 Å². The van der Waals surface area contributed by atoms with Gasteiger partial charge < -0.3 is 25.0 Å². The van der Waals surface area contributed by atoms with Crippen molar-refractivity contribution in [3.05, 3.63) is 53.6 Å². The van der Waals surface area contributed by atoms with E-state index < -0.39 is 99.4 Å². The van der Waals surface area contributed by atoms with Crippen molar-refractivity contribution >= 4 is 46.0 Å². The predicted octanol–water partition coefficient (Wildman–Crippen LogP) is 3.27. The van der Waals surface area contributed by atoms with Gasteiger partial charge in [-0.05, 0) is 42.4 Å². The van der Waals surface area contributed by atoms with E-state index in [4.69, 9.17) is 9.47 Å². The van der Waals surface area contributed by atoms with Crippen LogP contribution in [0.2, 0.25) is 0 Å². The van der Waals surface area contributed by atoms with E-state index in [1.54, 1.807) is 13.8 Å². The minimum Gasteiger partial charge on any atom is -0.449 e. The number of carbonyl (C=O) groups is 5. The Balaban J connectivity index is 1.30. The summed E-state index contributed by atoms with van der Waals surface area (Å²) in [5.41, 5.74) is 0.197. The maximum absolute atomic E-state index is 14.0. The van der Waals surface area contributed by atoms with Crippen LogP contribution in [0.3, 0.4) is 0 Å². The van der Waals surface area contributed by atoms with Crippen molar-refractivity contribution in [1.29, 1.82) is 0 Å². The predicted molar refractivity (Wildman–Crippen MR) is 182 cm³/mol. The number of alkyl halides is 3. The number of sulfonamides is 1. The number of amides is 5. The number of benzene rings is 1. The topological polar surface area (TPSA) is 181 Å². The molecule has 5 aliphatic rings. The SMILES string of the molecule is C=C[C@@H]1C[C@]1(NC(=O)[C@@H]1C[C@@H]2CN1C(=O)[C@H](CC(F)(F)F)NC(=O)OCC(C)(C)CC=Cc1cccc3c1CN(C3)C(=O)O2)C(=O)NS(=O)(=O)C1CC1. The number of allylic oxidation sites excluding steroid dienone is 1. The Labute approximate surface area is 304 Å². The third kappa shape index (κ3) is 8.47. The molecule has 0 aromatic heterocycles. The number of nitrogens with zero attached hydrogens (tertiary/aromatic N) is 2. The lowest BCUT2D eigenvalue weighted by Gasteiger charge is -2.30. The Kier molecular flexibility index (Phi) is 10.1. The minimum absolute atomic E-state index is 0.0273. The van der Waals surface area contributed by atoms with Gasteiger partial charge in [-0.1, -0.05) is 50.3 Å². The second-order valence-electron chi connectivity index (χ2n) is 15.1. The van der Waals surface area contributed by atoms with Crippen LogP contribution in [0.15, 0.2) is 36.9 Å². The quantitative estimate of drug-likeness (QED) is 0.351. The third-order valence-electron chi connectivity index (χ3n) is 10.2. The molecule has 288 valence electrons. The zero-order chi connectivity index (χ0) is 38.5. The van der Waals surface area contributed by atoms with Gasteiger partial charge in [0.25, 0.3) is 5.91 Å². The molecule has 2 aliphatic carbocycles. The monoisotopic (exact) mass is 765 g/mol. The maximum atomic E-state index is 14.0. The summed E-state index contributed by atoms with van der Waals surface area (Å²) in [4.78, 5) is 69.9. The number of halogens is 3. The van der Waals surface area contributed by atoms with E-state index >= 15 is 0 Å². The van der Waals surface area contributed by atoms with Gasteiger partial charge >= 0.3 is 18.4 Å². The number of nitrogens with one attached hydrogen (secondary N) is 3. The summed E-state index contributed by atoms with van der Waals surface area (Å²) in [5, 5.41) is 3.79. The lowest BCUT2D eigenvalue weighted by molar-refractivity contribution is -0.156. The molecule has 1 aromatic rings. The highest BCUT2D eigenvalue weighted by Crippen LogP contribution is 2.45. The molecule has 5 atom stereocenters. The lowest BCUT2D eigenvalue weighted by Crippen LogP contribution is -2.58. The molecule has 2 saturated carbocycles. The summed E-state index contributed by atoms with van der Waals surface area (Å²) in [6, 6.07) is 1.80. The van der Waals surface area contributed by atoms with Gasteiger partial charge in [-0.25, -0.2) is 18.0 Å². The van der Waals surface area contributed by atoms with Crippen molar-refractivity contribution in [2.24, 2.45) is 11.3 Å². The van der Waals surface area contributed by atoms with Gasteiger partial charge in [-0.2, -0.15) is 13.2 Å². The fourth-order valence-electron chi connectivity index (χ4n) is 6.98. The van der Waals surface area contributed by atoms with Crippen LogP contribution in [0, 0.1) is 11.3 Å². The average Bonchev–Trinajstić information content (AvgIpc) is 3.96. The summed E-state index contributed by atoms with van der Waals surface area (Å²) in [5.74, 6) is -4.01. The zero-order valence-electron chi connectivity index (χ0n) is 29.2. The number of fused-ring (bicyclic) bond motifs is 3. The molecule has 0 radical (unpaired) electrons. The number of cyclic esters (lactones) is 1. The molecule has 3 fully saturated rings. The highest BCUT2D eigenvalue weighted by atomic mass is 32.2. The molecule has 53 heavy (non-hydrogen) atoms. The van der Waals surface area contributed by atoms with Crippen molar-refractivity contribution in [3.63, 3.8) is 0 Å². The molecule has 6 rings (SSSR count). The summed E-state index contributed by atoms with van der Waals surface area (Å²) in [6.07, 6.45) is -4.14. The molecule has 1 saturated heterocycles. The summed E-state index contributed by atoms with van der Waals surface area (Å²) >= 11 is 0. The molecule has 14 nitrogen and oxygen atoms in total. The number of ether oxygens (including phenoxy) is 2. The van der Waals surface area contributed by atoms with Gasteiger partial charge in [0.2, 0.25) is 21.8 Å². The van der Waals surface area contributed by atoms with E-state index in [0.717, 1.165) is 21.6 Å². The van der Waals surface area contributed by atoms with Crippen molar-refractivity contribution in [2.75, 3.05) is 13.2 Å². The van der Waals surface area contributed by atoms with E-state index in [0.29, 0.717) is 19.3 Å². The van der Waals surface area contributed by atoms with Gasteiger partial charge in [-0.3, -0.25) is 24.0 Å². The number of carbonyl (C=O) groups excluding carboxylic acids is 5. The highest BCUT2D eigenvalue weighted by molar-refractivity contribution is 7.91. The first-order valence-corrected chi connectivity index (χ1v) is 18.9. The molecule has 3 N–H and O–H groups in total. The first-order chi connectivity index (χ1) is 24.8. The van der Waals surface area contributed by atoms with E-state index in [1.807, 2.05) is 40.4 Å². The standard InChI is InChI=1S/C35H42F3N5O9S/c1-4-22-14-34(22,30(46)41-53(49,50)24-10-11-24)40-28(44)27-13-23-17-43(27)29(45)26(15-35(36,37)38)39-31(47)51-19-33(2,3)12-6-9-20-7-5-8-21-16-42(18-25(20)21)32(48)52-23/h4-9,22-24,26-27H,1,10-19H2,2-3H3,(H,39,47)(H,40,44)(H,41,46)/t22-,23-,26+,27+,34-/m1/s1. The van der Waals surface area contributed by atoms with Crippen LogP contribution >= 0.6 is 0 Å². The van der Waals surface area contributed by atoms with Gasteiger partial charge in [-0.15, -0.1) is 6.58 Å². The van der Waals surface area contributed by atoms with Crippen molar-refractivity contribution in [2.45, 2.75) is 101 Å². The average molecular weight is 766 g/mol. The van der Waals surface area contributed by atoms with Crippen LogP contribution < -0.4 is 15.4 Å². The molecule has 1 aromatic carbocycles. The number of rotatable bonds is 7. The van der Waals surface area contributed by atoms with Gasteiger partial charge in [0.05, 0.1) is 31.4 Å². The molecule has 3 aliphatic heterocycles. The lowest BCUT2D eigenvalue weighted by atomic mass is 9.90. The largest absolute Gasteiger partial charge is 0.449 e. The van der Waals surface area contributed by atoms with Crippen molar-refractivity contribution in [3.8, 4) is 0 Å². The van der Waals surface area contributed by atoms with Crippen LogP contribution in [0.25, 0.3) is 6.08 Å². The van der Waals surface area contributed by atoms with Crippen LogP contribution in [-0.4, -0.2) is 96.4 Å². The third-order valence-corrected chi connectivity index (χ3v) is 12.0. The van der Waals surface area contributed by atoms with Crippen LogP contribution in [0.5, 0.6) is 0 Å². The van der Waals surface area contributed by atoms with E-state index in [-0.39, 0.29) is 32.5 Å². The number of hydrogen-bond donors (Lipinski definition) is 3. The van der Waals surface area contributed by atoms with Crippen LogP contribution in [-0.2, 0) is 47.0 Å². The molecular weight excluding hydrogens is 723 g/mol. The van der Waals surface area contributed by atoms with Crippen molar-refractivity contribution < 1.29 is 55.0 Å². The normalized spacial score (nSPS) is 28.8. The fraction of sp³-hybridized carbons (Fsp3) is 0.571. The van der Waals surface area contributed by atoms with Crippen LogP contribution in [0.1, 0.15) is 69.1 Å². The molecule has 0 unspecified atom stereocenters. The molecular formula is C35H42F3N5O9S. The second-order valence-corrected chi connectivity index (χ2v) is 17.1. The Hall–Kier alpha value is -4.61. The maximum Gasteiger partial charge on any atom is 0.410 e. The minimum atomic E-state index is -4.94. The Morgan fingerprint density at radius 2 is 1.89 bits per heavy atom. The first kappa shape index (κ1) is 38.1. The summed E-state index contributed by atoms with van der Waals surface area (Å²) < 4.78 is 79.8. The number of hydrogen-bond acceptors (Lipinski definition) is 9. The zero-order valence-corrected chi connectivity index (χ0v) is 30.1. The Morgan fingerprint density at radius 1 is 1.15 bits per heavy atom. The first-order valence-electron chi connectivity index (χ1n) is 17.3. The number of alkyl carbamates (subject to hydrolysis) is 1. The van der Waals surface area contributed by atoms with E-state index in [2.05, 4.69) is 11.9 Å². The fourth-order valence-corrected chi connectivity index (χ4v) is 8.35. The van der Waals surface area contributed by atoms with Gasteiger partial charge in [0.1, 0.15) is 23.7 Å². The molecule has 0 spiro atoms. The molecule has 18 heteroatoms. The van der Waals surface area contributed by atoms with Crippen LogP contribution in [0.4, 0.5) is 22.8 Å². The highest BCUT2D eigenvalue weighted by Gasteiger charge is 2.62. The van der Waals surface area contributed by atoms with E-state index in [9.17, 15) is 45.6 Å². The van der Waals surface area contributed by atoms with Crippen molar-refractivity contribution in [1.82, 2.24) is 25.2 Å². The molecule has 5 amide bonds. The Morgan fingerprint density at radius 3 is 2.55 bits per heavy atom. The Bertz CT molecular complexity index is 1850. The summed E-state index contributed by atoms with van der Waals surface area (Å²) in [6.45, 7) is 6.90.